The van der Waals surface area contributed by atoms with Gasteiger partial charge in [-0.05, 0) is 37.0 Å². The second-order valence-electron chi connectivity index (χ2n) is 6.27. The Hall–Kier alpha value is 0.160. The summed E-state index contributed by atoms with van der Waals surface area (Å²) in [5, 5.41) is 0. The van der Waals surface area contributed by atoms with Gasteiger partial charge < -0.3 is 0 Å². The van der Waals surface area contributed by atoms with E-state index < -0.39 is 10.2 Å². The maximum Gasteiger partial charge on any atom is 0.281 e. The van der Waals surface area contributed by atoms with Crippen LogP contribution in [0.1, 0.15) is 33.1 Å². The summed E-state index contributed by atoms with van der Waals surface area (Å²) in [6.45, 7) is 6.86. The molecule has 112 valence electrons. The van der Waals surface area contributed by atoms with Crippen LogP contribution in [0.15, 0.2) is 0 Å². The molecule has 19 heavy (non-hydrogen) atoms. The smallest absolute Gasteiger partial charge is 0.195 e. The normalized spacial score (nSPS) is 32.6. The number of halogens is 1. The van der Waals surface area contributed by atoms with E-state index in [2.05, 4.69) is 13.8 Å². The highest BCUT2D eigenvalue weighted by molar-refractivity contribution is 7.86. The lowest BCUT2D eigenvalue weighted by Gasteiger charge is -2.39. The van der Waals surface area contributed by atoms with Crippen molar-refractivity contribution in [2.45, 2.75) is 33.1 Å². The van der Waals surface area contributed by atoms with E-state index in [4.69, 9.17) is 11.6 Å². The van der Waals surface area contributed by atoms with Crippen LogP contribution in [0.3, 0.4) is 0 Å². The van der Waals surface area contributed by atoms with Gasteiger partial charge in [0.1, 0.15) is 0 Å². The largest absolute Gasteiger partial charge is 0.281 e. The van der Waals surface area contributed by atoms with E-state index >= 15 is 0 Å². The van der Waals surface area contributed by atoms with Gasteiger partial charge in [-0.15, -0.1) is 11.6 Å². The third-order valence-electron chi connectivity index (χ3n) is 4.28. The number of nitrogens with zero attached hydrogens (tertiary/aromatic N) is 2. The molecule has 2 aliphatic heterocycles. The molecule has 0 aliphatic carbocycles. The summed E-state index contributed by atoms with van der Waals surface area (Å²) in [5.74, 6) is 2.04. The maximum atomic E-state index is 12.6. The number of rotatable bonds is 3. The zero-order valence-corrected chi connectivity index (χ0v) is 13.5. The first-order valence-corrected chi connectivity index (χ1v) is 9.17. The minimum Gasteiger partial charge on any atom is -0.195 e. The molecule has 2 unspecified atom stereocenters. The van der Waals surface area contributed by atoms with Crippen molar-refractivity contribution in [3.05, 3.63) is 0 Å². The van der Waals surface area contributed by atoms with E-state index in [0.29, 0.717) is 49.8 Å². The van der Waals surface area contributed by atoms with Crippen LogP contribution in [0.2, 0.25) is 0 Å². The van der Waals surface area contributed by atoms with Gasteiger partial charge in [0, 0.05) is 32.1 Å². The maximum absolute atomic E-state index is 12.6. The van der Waals surface area contributed by atoms with Gasteiger partial charge in [-0.2, -0.15) is 17.0 Å². The Labute approximate surface area is 122 Å². The van der Waals surface area contributed by atoms with Crippen molar-refractivity contribution in [2.75, 3.05) is 32.1 Å². The summed E-state index contributed by atoms with van der Waals surface area (Å²) in [5.41, 5.74) is 0. The summed E-state index contributed by atoms with van der Waals surface area (Å²) < 4.78 is 28.6. The molecule has 0 saturated carbocycles. The van der Waals surface area contributed by atoms with E-state index in [9.17, 15) is 8.42 Å². The van der Waals surface area contributed by atoms with E-state index in [1.54, 1.807) is 8.61 Å². The first kappa shape index (κ1) is 15.5. The Morgan fingerprint density at radius 2 is 1.58 bits per heavy atom. The highest BCUT2D eigenvalue weighted by atomic mass is 35.5. The van der Waals surface area contributed by atoms with Gasteiger partial charge >= 0.3 is 0 Å². The summed E-state index contributed by atoms with van der Waals surface area (Å²) in [6.07, 6.45) is 2.91. The monoisotopic (exact) mass is 308 g/mol. The van der Waals surface area contributed by atoms with Crippen LogP contribution in [0.4, 0.5) is 0 Å². The van der Waals surface area contributed by atoms with Crippen LogP contribution >= 0.6 is 11.6 Å². The molecule has 2 heterocycles. The molecule has 2 rings (SSSR count). The molecule has 6 heteroatoms. The number of piperidine rings is 2. The standard InChI is InChI=1S/C13H25ClN2O2S/c1-11-7-12(2)10-16(9-11)19(17,18)15-5-3-13(8-14)4-6-15/h11-13H,3-10H2,1-2H3. The second kappa shape index (κ2) is 6.29. The third kappa shape index (κ3) is 3.63. The SMILES string of the molecule is CC1CC(C)CN(S(=O)(=O)N2CCC(CCl)CC2)C1. The van der Waals surface area contributed by atoms with Crippen molar-refractivity contribution in [1.82, 2.24) is 8.61 Å². The van der Waals surface area contributed by atoms with Crippen LogP contribution in [0.5, 0.6) is 0 Å². The lowest BCUT2D eigenvalue weighted by atomic mass is 9.94. The molecule has 2 saturated heterocycles. The topological polar surface area (TPSA) is 40.6 Å². The van der Waals surface area contributed by atoms with E-state index in [-0.39, 0.29) is 0 Å². The molecule has 0 aromatic carbocycles. The van der Waals surface area contributed by atoms with Gasteiger partial charge in [-0.3, -0.25) is 0 Å². The number of alkyl halides is 1. The van der Waals surface area contributed by atoms with E-state index in [1.165, 1.54) is 0 Å². The van der Waals surface area contributed by atoms with E-state index in [0.717, 1.165) is 19.3 Å². The van der Waals surface area contributed by atoms with Gasteiger partial charge in [-0.1, -0.05) is 13.8 Å². The average molecular weight is 309 g/mol. The molecular formula is C13H25ClN2O2S. The Kier molecular flexibility index (Phi) is 5.15. The van der Waals surface area contributed by atoms with Gasteiger partial charge in [0.15, 0.2) is 0 Å². The Balaban J connectivity index is 2.02. The molecule has 0 amide bonds. The van der Waals surface area contributed by atoms with Crippen molar-refractivity contribution < 1.29 is 8.42 Å². The molecule has 2 fully saturated rings. The van der Waals surface area contributed by atoms with Crippen LogP contribution in [0, 0.1) is 17.8 Å². The average Bonchev–Trinajstić information content (AvgIpc) is 2.37. The molecule has 2 aliphatic rings. The first-order chi connectivity index (χ1) is 8.93. The fourth-order valence-electron chi connectivity index (χ4n) is 3.25. The molecular weight excluding hydrogens is 284 g/mol. The zero-order valence-electron chi connectivity index (χ0n) is 11.9. The van der Waals surface area contributed by atoms with Crippen molar-refractivity contribution >= 4 is 21.8 Å². The zero-order chi connectivity index (χ0) is 14.0. The van der Waals surface area contributed by atoms with Gasteiger partial charge in [0.2, 0.25) is 0 Å². The van der Waals surface area contributed by atoms with Crippen LogP contribution < -0.4 is 0 Å². The minimum atomic E-state index is -3.26. The van der Waals surface area contributed by atoms with Gasteiger partial charge in [-0.25, -0.2) is 0 Å². The summed E-state index contributed by atoms with van der Waals surface area (Å²) in [4.78, 5) is 0. The molecule has 0 aromatic heterocycles. The van der Waals surface area contributed by atoms with Crippen molar-refractivity contribution in [3.63, 3.8) is 0 Å². The van der Waals surface area contributed by atoms with Crippen LogP contribution in [-0.2, 0) is 10.2 Å². The molecule has 0 aromatic rings. The fourth-order valence-corrected chi connectivity index (χ4v) is 5.44. The quantitative estimate of drug-likeness (QED) is 0.750. The Morgan fingerprint density at radius 3 is 2.05 bits per heavy atom. The Morgan fingerprint density at radius 1 is 1.05 bits per heavy atom. The molecule has 0 spiro atoms. The van der Waals surface area contributed by atoms with Gasteiger partial charge in [0.25, 0.3) is 10.2 Å². The van der Waals surface area contributed by atoms with E-state index in [1.807, 2.05) is 0 Å². The molecule has 2 atom stereocenters. The lowest BCUT2D eigenvalue weighted by Crippen LogP contribution is -2.51. The molecule has 4 nitrogen and oxygen atoms in total. The predicted octanol–water partition coefficient (Wildman–Crippen LogP) is 2.16. The summed E-state index contributed by atoms with van der Waals surface area (Å²) in [6, 6.07) is 0. The fraction of sp³-hybridized carbons (Fsp3) is 1.00. The first-order valence-electron chi connectivity index (χ1n) is 7.24. The predicted molar refractivity (Wildman–Crippen MR) is 78.5 cm³/mol. The number of hydrogen-bond donors (Lipinski definition) is 0. The van der Waals surface area contributed by atoms with Crippen LogP contribution in [0.25, 0.3) is 0 Å². The van der Waals surface area contributed by atoms with Crippen molar-refractivity contribution in [2.24, 2.45) is 17.8 Å². The van der Waals surface area contributed by atoms with Gasteiger partial charge in [0.05, 0.1) is 0 Å². The Bertz CT molecular complexity index is 383. The lowest BCUT2D eigenvalue weighted by molar-refractivity contribution is 0.198. The van der Waals surface area contributed by atoms with Crippen molar-refractivity contribution in [1.29, 1.82) is 0 Å². The van der Waals surface area contributed by atoms with Crippen molar-refractivity contribution in [3.8, 4) is 0 Å². The minimum absolute atomic E-state index is 0.457. The highest BCUT2D eigenvalue weighted by Crippen LogP contribution is 2.27. The molecule has 0 radical (unpaired) electrons. The third-order valence-corrected chi connectivity index (χ3v) is 6.68. The summed E-state index contributed by atoms with van der Waals surface area (Å²) in [7, 11) is -3.26. The highest BCUT2D eigenvalue weighted by Gasteiger charge is 2.36. The second-order valence-corrected chi connectivity index (χ2v) is 8.50. The molecule has 0 bridgehead atoms. The molecule has 0 N–H and O–H groups in total. The van der Waals surface area contributed by atoms with Crippen LogP contribution in [-0.4, -0.2) is 49.1 Å². The summed E-state index contributed by atoms with van der Waals surface area (Å²) >= 11 is 5.85. The number of hydrogen-bond acceptors (Lipinski definition) is 2.